The summed E-state index contributed by atoms with van der Waals surface area (Å²) in [5.74, 6) is -0.602. The van der Waals surface area contributed by atoms with Crippen LogP contribution in [-0.4, -0.2) is 28.8 Å². The zero-order chi connectivity index (χ0) is 18.6. The second-order valence-electron chi connectivity index (χ2n) is 7.12. The number of ether oxygens (including phenoxy) is 1. The first-order valence-corrected chi connectivity index (χ1v) is 8.58. The fourth-order valence-corrected chi connectivity index (χ4v) is 2.95. The second-order valence-corrected chi connectivity index (χ2v) is 7.48. The molecule has 1 fully saturated rings. The molecule has 1 amide bonds. The Bertz CT molecular complexity index is 684. The standard InChI is InChI=1S/C17H22ClFN4O2/c1-17(2,3)25-16(24)22-12-6-4-5-11(8-12)21-15-13(19)7-10(9-20)14(18)23-15/h7,11-12H,4-6,8H2,1-3H3,(H,21,23)(H,22,24)/t11-,12+/m0/s1. The van der Waals surface area contributed by atoms with Gasteiger partial charge in [0.2, 0.25) is 0 Å². The SMILES string of the molecule is CC(C)(C)OC(=O)N[C@@H]1CCC[C@H](Nc2nc(Cl)c(C#N)cc2F)C1. The van der Waals surface area contributed by atoms with E-state index < -0.39 is 17.5 Å². The first kappa shape index (κ1) is 19.3. The van der Waals surface area contributed by atoms with Crippen molar-refractivity contribution in [1.29, 1.82) is 5.26 Å². The molecule has 1 heterocycles. The summed E-state index contributed by atoms with van der Waals surface area (Å²) in [6, 6.07) is 2.74. The summed E-state index contributed by atoms with van der Waals surface area (Å²) in [5, 5.41) is 14.7. The number of hydrogen-bond donors (Lipinski definition) is 2. The maximum Gasteiger partial charge on any atom is 0.407 e. The van der Waals surface area contributed by atoms with Crippen molar-refractivity contribution in [3.05, 3.63) is 22.6 Å². The van der Waals surface area contributed by atoms with Crippen LogP contribution in [-0.2, 0) is 4.74 Å². The van der Waals surface area contributed by atoms with Crippen LogP contribution in [0.3, 0.4) is 0 Å². The van der Waals surface area contributed by atoms with Crippen LogP contribution in [0.25, 0.3) is 0 Å². The number of rotatable bonds is 3. The Balaban J connectivity index is 1.97. The number of nitriles is 1. The molecule has 0 spiro atoms. The van der Waals surface area contributed by atoms with Crippen molar-refractivity contribution in [2.75, 3.05) is 5.32 Å². The molecule has 1 aromatic rings. The number of nitrogens with zero attached hydrogens (tertiary/aromatic N) is 2. The summed E-state index contributed by atoms with van der Waals surface area (Å²) >= 11 is 5.86. The fourth-order valence-electron chi connectivity index (χ4n) is 2.77. The maximum absolute atomic E-state index is 14.0. The lowest BCUT2D eigenvalue weighted by Crippen LogP contribution is -2.44. The molecule has 8 heteroatoms. The van der Waals surface area contributed by atoms with E-state index in [2.05, 4.69) is 15.6 Å². The van der Waals surface area contributed by atoms with Crippen LogP contribution in [0.15, 0.2) is 6.07 Å². The Hall–Kier alpha value is -2.07. The molecule has 136 valence electrons. The van der Waals surface area contributed by atoms with E-state index >= 15 is 0 Å². The van der Waals surface area contributed by atoms with Gasteiger partial charge in [-0.05, 0) is 52.5 Å². The van der Waals surface area contributed by atoms with Crippen LogP contribution in [0.1, 0.15) is 52.0 Å². The molecule has 2 N–H and O–H groups in total. The number of carbonyl (C=O) groups excluding carboxylic acids is 1. The molecule has 1 aliphatic rings. The van der Waals surface area contributed by atoms with Crippen molar-refractivity contribution in [1.82, 2.24) is 10.3 Å². The van der Waals surface area contributed by atoms with Crippen molar-refractivity contribution in [2.24, 2.45) is 0 Å². The summed E-state index contributed by atoms with van der Waals surface area (Å²) in [6.45, 7) is 5.42. The van der Waals surface area contributed by atoms with E-state index in [0.717, 1.165) is 25.3 Å². The number of alkyl carbamates (subject to hydrolysis) is 1. The number of aromatic nitrogens is 1. The van der Waals surface area contributed by atoms with Gasteiger partial charge in [0, 0.05) is 12.1 Å². The van der Waals surface area contributed by atoms with E-state index in [4.69, 9.17) is 21.6 Å². The van der Waals surface area contributed by atoms with Gasteiger partial charge in [0.1, 0.15) is 16.8 Å². The molecular weight excluding hydrogens is 347 g/mol. The topological polar surface area (TPSA) is 87.0 Å². The highest BCUT2D eigenvalue weighted by molar-refractivity contribution is 6.30. The lowest BCUT2D eigenvalue weighted by atomic mass is 9.91. The largest absolute Gasteiger partial charge is 0.444 e. The molecule has 1 aliphatic carbocycles. The van der Waals surface area contributed by atoms with Crippen molar-refractivity contribution in [2.45, 2.75) is 64.1 Å². The van der Waals surface area contributed by atoms with Gasteiger partial charge in [-0.1, -0.05) is 11.6 Å². The van der Waals surface area contributed by atoms with Gasteiger partial charge in [-0.3, -0.25) is 0 Å². The van der Waals surface area contributed by atoms with E-state index in [0.29, 0.717) is 6.42 Å². The average molecular weight is 369 g/mol. The van der Waals surface area contributed by atoms with Gasteiger partial charge >= 0.3 is 6.09 Å². The monoisotopic (exact) mass is 368 g/mol. The predicted molar refractivity (Wildman–Crippen MR) is 93.0 cm³/mol. The van der Waals surface area contributed by atoms with Crippen LogP contribution < -0.4 is 10.6 Å². The van der Waals surface area contributed by atoms with Crippen molar-refractivity contribution in [3.8, 4) is 6.07 Å². The summed E-state index contributed by atoms with van der Waals surface area (Å²) in [5.41, 5.74) is -0.555. The highest BCUT2D eigenvalue weighted by atomic mass is 35.5. The Morgan fingerprint density at radius 2 is 2.12 bits per heavy atom. The molecule has 0 unspecified atom stereocenters. The first-order valence-electron chi connectivity index (χ1n) is 8.20. The summed E-state index contributed by atoms with van der Waals surface area (Å²) in [7, 11) is 0. The Morgan fingerprint density at radius 1 is 1.44 bits per heavy atom. The van der Waals surface area contributed by atoms with Gasteiger partial charge in [0.05, 0.1) is 5.56 Å². The van der Waals surface area contributed by atoms with Gasteiger partial charge < -0.3 is 15.4 Å². The predicted octanol–water partition coefficient (Wildman–Crippen LogP) is 3.99. The number of halogens is 2. The third kappa shape index (κ3) is 5.75. The van der Waals surface area contributed by atoms with E-state index in [1.165, 1.54) is 0 Å². The number of amides is 1. The van der Waals surface area contributed by atoms with Gasteiger partial charge in [0.25, 0.3) is 0 Å². The number of nitrogens with one attached hydrogen (secondary N) is 2. The van der Waals surface area contributed by atoms with Crippen molar-refractivity contribution < 1.29 is 13.9 Å². The molecule has 0 aromatic carbocycles. The molecule has 0 bridgehead atoms. The summed E-state index contributed by atoms with van der Waals surface area (Å²) in [4.78, 5) is 15.8. The minimum absolute atomic E-state index is 0.00201. The summed E-state index contributed by atoms with van der Waals surface area (Å²) < 4.78 is 19.3. The van der Waals surface area contributed by atoms with Gasteiger partial charge in [-0.2, -0.15) is 5.26 Å². The fraction of sp³-hybridized carbons (Fsp3) is 0.588. The summed E-state index contributed by atoms with van der Waals surface area (Å²) in [6.07, 6.45) is 2.71. The molecular formula is C17H22ClFN4O2. The molecule has 0 saturated heterocycles. The Labute approximate surface area is 151 Å². The highest BCUT2D eigenvalue weighted by Gasteiger charge is 2.26. The normalized spacial score (nSPS) is 20.5. The molecule has 6 nitrogen and oxygen atoms in total. The van der Waals surface area contributed by atoms with E-state index in [9.17, 15) is 9.18 Å². The maximum atomic E-state index is 14.0. The zero-order valence-corrected chi connectivity index (χ0v) is 15.3. The molecule has 1 aromatic heterocycles. The van der Waals surface area contributed by atoms with Crippen molar-refractivity contribution in [3.63, 3.8) is 0 Å². The molecule has 25 heavy (non-hydrogen) atoms. The smallest absolute Gasteiger partial charge is 0.407 e. The third-order valence-electron chi connectivity index (χ3n) is 3.79. The van der Waals surface area contributed by atoms with Crippen molar-refractivity contribution >= 4 is 23.5 Å². The number of pyridine rings is 1. The lowest BCUT2D eigenvalue weighted by molar-refractivity contribution is 0.0492. The third-order valence-corrected chi connectivity index (χ3v) is 4.07. The zero-order valence-electron chi connectivity index (χ0n) is 14.5. The van der Waals surface area contributed by atoms with Gasteiger partial charge in [-0.25, -0.2) is 14.2 Å². The number of hydrogen-bond acceptors (Lipinski definition) is 5. The van der Waals surface area contributed by atoms with Crippen LogP contribution in [0.2, 0.25) is 5.15 Å². The van der Waals surface area contributed by atoms with Gasteiger partial charge in [-0.15, -0.1) is 0 Å². The minimum atomic E-state index is -0.622. The van der Waals surface area contributed by atoms with E-state index in [1.54, 1.807) is 26.8 Å². The number of anilines is 1. The van der Waals surface area contributed by atoms with E-state index in [1.807, 2.05) is 0 Å². The quantitative estimate of drug-likeness (QED) is 0.787. The molecule has 0 aliphatic heterocycles. The average Bonchev–Trinajstić information content (AvgIpc) is 2.49. The first-order chi connectivity index (χ1) is 11.7. The van der Waals surface area contributed by atoms with Crippen LogP contribution >= 0.6 is 11.6 Å². The van der Waals surface area contributed by atoms with E-state index in [-0.39, 0.29) is 28.6 Å². The molecule has 2 atom stereocenters. The van der Waals surface area contributed by atoms with Gasteiger partial charge in [0.15, 0.2) is 11.6 Å². The molecule has 2 rings (SSSR count). The molecule has 0 radical (unpaired) electrons. The van der Waals surface area contributed by atoms with Crippen LogP contribution in [0, 0.1) is 17.1 Å². The lowest BCUT2D eigenvalue weighted by Gasteiger charge is -2.31. The number of carbonyl (C=O) groups is 1. The minimum Gasteiger partial charge on any atom is -0.444 e. The second kappa shape index (κ2) is 7.87. The molecule has 1 saturated carbocycles. The van der Waals surface area contributed by atoms with Crippen LogP contribution in [0.4, 0.5) is 15.0 Å². The Morgan fingerprint density at radius 3 is 2.76 bits per heavy atom. The van der Waals surface area contributed by atoms with Crippen LogP contribution in [0.5, 0.6) is 0 Å². The highest BCUT2D eigenvalue weighted by Crippen LogP contribution is 2.25. The Kier molecular flexibility index (Phi) is 6.07.